The van der Waals surface area contributed by atoms with Crippen molar-refractivity contribution >= 4 is 38.8 Å². The normalized spacial score (nSPS) is 19.8. The second-order valence-electron chi connectivity index (χ2n) is 7.33. The highest BCUT2D eigenvalue weighted by Crippen LogP contribution is 2.41. The van der Waals surface area contributed by atoms with Crippen molar-refractivity contribution in [3.8, 4) is 10.7 Å². The first-order valence-electron chi connectivity index (χ1n) is 8.47. The molecule has 26 heavy (non-hydrogen) atoms. The second kappa shape index (κ2) is 6.62. The molecule has 0 N–H and O–H groups in total. The van der Waals surface area contributed by atoms with Crippen molar-refractivity contribution in [3.63, 3.8) is 0 Å². The first-order valence-corrected chi connectivity index (χ1v) is 10.1. The van der Waals surface area contributed by atoms with Crippen LogP contribution in [0.15, 0.2) is 22.8 Å². The van der Waals surface area contributed by atoms with E-state index < -0.39 is 17.1 Å². The number of hydrogen-bond acceptors (Lipinski definition) is 6. The van der Waals surface area contributed by atoms with Crippen molar-refractivity contribution in [2.75, 3.05) is 0 Å². The largest absolute Gasteiger partial charge is 0.354 e. The highest BCUT2D eigenvalue weighted by molar-refractivity contribution is 9.10. The topological polar surface area (TPSA) is 69.2 Å². The Morgan fingerprint density at radius 2 is 1.77 bits per heavy atom. The number of ketones is 2. The van der Waals surface area contributed by atoms with Gasteiger partial charge in [-0.25, -0.2) is 4.98 Å². The highest BCUT2D eigenvalue weighted by atomic mass is 79.9. The van der Waals surface area contributed by atoms with Gasteiger partial charge >= 0.3 is 0 Å². The van der Waals surface area contributed by atoms with Crippen LogP contribution in [0.5, 0.6) is 0 Å². The highest BCUT2D eigenvalue weighted by Gasteiger charge is 2.54. The minimum atomic E-state index is -1.03. The van der Waals surface area contributed by atoms with Gasteiger partial charge in [0.2, 0.25) is 0 Å². The third-order valence-corrected chi connectivity index (χ3v) is 6.20. The van der Waals surface area contributed by atoms with Gasteiger partial charge < -0.3 is 4.74 Å². The van der Waals surface area contributed by atoms with Gasteiger partial charge in [0.05, 0.1) is 11.4 Å². The van der Waals surface area contributed by atoms with E-state index in [2.05, 4.69) is 25.9 Å². The molecule has 0 radical (unpaired) electrons. The van der Waals surface area contributed by atoms with Crippen molar-refractivity contribution in [2.45, 2.75) is 58.2 Å². The Kier molecular flexibility index (Phi) is 4.92. The molecule has 0 amide bonds. The molecule has 3 heterocycles. The van der Waals surface area contributed by atoms with Gasteiger partial charge in [-0.2, -0.15) is 0 Å². The van der Waals surface area contributed by atoms with Crippen molar-refractivity contribution < 1.29 is 14.3 Å². The molecule has 0 unspecified atom stereocenters. The van der Waals surface area contributed by atoms with E-state index in [9.17, 15) is 9.59 Å². The quantitative estimate of drug-likeness (QED) is 0.669. The van der Waals surface area contributed by atoms with Gasteiger partial charge in [-0.1, -0.05) is 6.92 Å². The molecule has 138 valence electrons. The van der Waals surface area contributed by atoms with Crippen LogP contribution >= 0.6 is 27.3 Å². The van der Waals surface area contributed by atoms with Crippen molar-refractivity contribution in [1.82, 2.24) is 9.97 Å². The molecule has 1 aliphatic heterocycles. The van der Waals surface area contributed by atoms with Crippen LogP contribution < -0.4 is 0 Å². The van der Waals surface area contributed by atoms with Gasteiger partial charge in [0.15, 0.2) is 11.6 Å². The number of aromatic nitrogens is 2. The fourth-order valence-corrected chi connectivity index (χ4v) is 4.51. The Morgan fingerprint density at radius 3 is 2.27 bits per heavy atom. The van der Waals surface area contributed by atoms with Gasteiger partial charge in [-0.3, -0.25) is 14.6 Å². The number of nitrogens with zero attached hydrogens (tertiary/aromatic N) is 2. The number of aryl methyl sites for hydroxylation is 1. The summed E-state index contributed by atoms with van der Waals surface area (Å²) < 4.78 is 6.66. The van der Waals surface area contributed by atoms with Crippen LogP contribution in [-0.4, -0.2) is 32.7 Å². The Bertz CT molecular complexity index is 845. The van der Waals surface area contributed by atoms with Crippen LogP contribution in [0.4, 0.5) is 0 Å². The molecular formula is C19H21BrN2O3S. The number of halogens is 1. The molecule has 1 aliphatic rings. The minimum absolute atomic E-state index is 0.239. The lowest BCUT2D eigenvalue weighted by molar-refractivity contribution is -0.184. The molecular weight excluding hydrogens is 416 g/mol. The number of Topliss-reactive ketones (excluding diaryl/α,β-unsaturated/α-hetero) is 2. The van der Waals surface area contributed by atoms with Crippen molar-refractivity contribution in [1.29, 1.82) is 0 Å². The molecule has 0 aromatic carbocycles. The zero-order chi connectivity index (χ0) is 19.3. The van der Waals surface area contributed by atoms with E-state index in [-0.39, 0.29) is 11.6 Å². The average molecular weight is 437 g/mol. The van der Waals surface area contributed by atoms with Crippen LogP contribution in [0.3, 0.4) is 0 Å². The SMILES string of the molecule is CCc1sc(-c2ccc(Br)cn2)nc1C1C(=O)C(C)(C)OC(C)(C)C1=O. The lowest BCUT2D eigenvalue weighted by atomic mass is 9.76. The molecule has 1 saturated heterocycles. The Balaban J connectivity index is 2.11. The molecule has 2 aromatic rings. The maximum Gasteiger partial charge on any atom is 0.180 e. The Morgan fingerprint density at radius 1 is 1.15 bits per heavy atom. The molecule has 1 fully saturated rings. The van der Waals surface area contributed by atoms with Gasteiger partial charge in [0.1, 0.15) is 22.1 Å². The van der Waals surface area contributed by atoms with E-state index in [1.165, 1.54) is 11.3 Å². The summed E-state index contributed by atoms with van der Waals surface area (Å²) in [6.45, 7) is 8.86. The van der Waals surface area contributed by atoms with Crippen LogP contribution in [0.2, 0.25) is 0 Å². The zero-order valence-corrected chi connectivity index (χ0v) is 17.8. The number of rotatable bonds is 3. The third kappa shape index (κ3) is 3.28. The summed E-state index contributed by atoms with van der Waals surface area (Å²) in [6.07, 6.45) is 2.40. The molecule has 7 heteroatoms. The Hall–Kier alpha value is -1.44. The fourth-order valence-electron chi connectivity index (χ4n) is 3.26. The van der Waals surface area contributed by atoms with E-state index >= 15 is 0 Å². The van der Waals surface area contributed by atoms with Crippen LogP contribution in [0.1, 0.15) is 51.1 Å². The van der Waals surface area contributed by atoms with Gasteiger partial charge in [0, 0.05) is 15.5 Å². The molecule has 3 rings (SSSR count). The minimum Gasteiger partial charge on any atom is -0.354 e. The third-order valence-electron chi connectivity index (χ3n) is 4.49. The number of hydrogen-bond donors (Lipinski definition) is 0. The summed E-state index contributed by atoms with van der Waals surface area (Å²) >= 11 is 4.85. The first kappa shape index (κ1) is 19.3. The van der Waals surface area contributed by atoms with Crippen molar-refractivity contribution in [3.05, 3.63) is 33.4 Å². The summed E-state index contributed by atoms with van der Waals surface area (Å²) in [5, 5.41) is 0.715. The average Bonchev–Trinajstić information content (AvgIpc) is 2.97. The van der Waals surface area contributed by atoms with Gasteiger partial charge in [0.25, 0.3) is 0 Å². The lowest BCUT2D eigenvalue weighted by Gasteiger charge is -2.42. The number of pyridine rings is 1. The second-order valence-corrected chi connectivity index (χ2v) is 9.33. The number of carbonyl (C=O) groups is 2. The molecule has 0 atom stereocenters. The van der Waals surface area contributed by atoms with E-state index in [4.69, 9.17) is 4.74 Å². The maximum absolute atomic E-state index is 13.0. The monoisotopic (exact) mass is 436 g/mol. The molecule has 2 aromatic heterocycles. The first-order chi connectivity index (χ1) is 12.1. The molecule has 0 saturated carbocycles. The van der Waals surface area contributed by atoms with Crippen molar-refractivity contribution in [2.24, 2.45) is 0 Å². The number of thiazole rings is 1. The molecule has 5 nitrogen and oxygen atoms in total. The van der Waals surface area contributed by atoms with Crippen LogP contribution in [-0.2, 0) is 20.7 Å². The predicted octanol–water partition coefficient (Wildman–Crippen LogP) is 4.34. The van der Waals surface area contributed by atoms with E-state index in [1.54, 1.807) is 33.9 Å². The van der Waals surface area contributed by atoms with Gasteiger partial charge in [-0.05, 0) is 62.2 Å². The zero-order valence-electron chi connectivity index (χ0n) is 15.4. The standard InChI is InChI=1S/C19H21BrN2O3S/c1-6-12-14(22-17(26-12)11-8-7-10(20)9-21-11)13-15(23)18(2,3)25-19(4,5)16(13)24/h7-9,13H,6H2,1-5H3. The number of ether oxygens (including phenoxy) is 1. The van der Waals surface area contributed by atoms with E-state index in [0.29, 0.717) is 17.1 Å². The molecule has 0 spiro atoms. The summed E-state index contributed by atoms with van der Waals surface area (Å²) in [7, 11) is 0. The maximum atomic E-state index is 13.0. The summed E-state index contributed by atoms with van der Waals surface area (Å²) in [4.78, 5) is 36.0. The van der Waals surface area contributed by atoms with Gasteiger partial charge in [-0.15, -0.1) is 11.3 Å². The number of carbonyl (C=O) groups excluding carboxylic acids is 2. The molecule has 0 bridgehead atoms. The predicted molar refractivity (Wildman–Crippen MR) is 104 cm³/mol. The lowest BCUT2D eigenvalue weighted by Crippen LogP contribution is -2.58. The fraction of sp³-hybridized carbons (Fsp3) is 0.474. The molecule has 0 aliphatic carbocycles. The smallest absolute Gasteiger partial charge is 0.180 e. The van der Waals surface area contributed by atoms with E-state index in [1.807, 2.05) is 19.1 Å². The van der Waals surface area contributed by atoms with E-state index in [0.717, 1.165) is 15.0 Å². The summed E-state index contributed by atoms with van der Waals surface area (Å²) in [6, 6.07) is 3.76. The van der Waals surface area contributed by atoms with Crippen LogP contribution in [0, 0.1) is 0 Å². The summed E-state index contributed by atoms with van der Waals surface area (Å²) in [5.41, 5.74) is -0.791. The Labute approximate surface area is 165 Å². The summed E-state index contributed by atoms with van der Waals surface area (Å²) in [5.74, 6) is -1.38. The van der Waals surface area contributed by atoms with Crippen LogP contribution in [0.25, 0.3) is 10.7 Å².